The van der Waals surface area contributed by atoms with Gasteiger partial charge in [0.1, 0.15) is 19.3 Å². The number of hydrogen-bond donors (Lipinski definition) is 0. The van der Waals surface area contributed by atoms with E-state index in [0.29, 0.717) is 24.1 Å². The van der Waals surface area contributed by atoms with E-state index in [1.165, 1.54) is 122 Å². The molecule has 0 amide bonds. The van der Waals surface area contributed by atoms with Crippen LogP contribution < -0.4 is 4.89 Å². The second-order valence-corrected chi connectivity index (χ2v) is 18.9. The van der Waals surface area contributed by atoms with Crippen LogP contribution in [0.15, 0.2) is 48.6 Å². The number of unbranched alkanes of at least 4 members (excludes halogenated alkanes) is 23. The fraction of sp³-hybridized carbons (Fsp3) is 0.820. The SMILES string of the molecule is CCCCCCC/C=C\C/C=C\C/C=C\CCCCCCCCCOCC(COP(=O)([O-])OCC[N+](C)(C)C)OC(=O)CCCCCCC/C=C\CCCCCCCC. The predicted molar refractivity (Wildman–Crippen MR) is 250 cm³/mol. The van der Waals surface area contributed by atoms with Crippen LogP contribution in [-0.2, 0) is 27.9 Å². The van der Waals surface area contributed by atoms with Crippen LogP contribution in [0.2, 0.25) is 0 Å². The van der Waals surface area contributed by atoms with E-state index in [-0.39, 0.29) is 25.8 Å². The first-order chi connectivity index (χ1) is 28.6. The number of quaternary nitrogens is 1. The molecule has 0 heterocycles. The Bertz CT molecular complexity index is 1080. The van der Waals surface area contributed by atoms with Crippen molar-refractivity contribution in [3.8, 4) is 0 Å². The van der Waals surface area contributed by atoms with Gasteiger partial charge in [0.05, 0.1) is 34.4 Å². The van der Waals surface area contributed by atoms with E-state index >= 15 is 0 Å². The second kappa shape index (κ2) is 43.1. The van der Waals surface area contributed by atoms with Crippen molar-refractivity contribution in [1.29, 1.82) is 0 Å². The molecule has 0 aromatic heterocycles. The summed E-state index contributed by atoms with van der Waals surface area (Å²) in [4.78, 5) is 25.1. The Morgan fingerprint density at radius 3 is 1.41 bits per heavy atom. The van der Waals surface area contributed by atoms with Crippen molar-refractivity contribution in [2.24, 2.45) is 0 Å². The van der Waals surface area contributed by atoms with Crippen LogP contribution in [0.3, 0.4) is 0 Å². The number of ether oxygens (including phenoxy) is 2. The Hall–Kier alpha value is -1.54. The lowest BCUT2D eigenvalue weighted by Gasteiger charge is -2.28. The molecule has 346 valence electrons. The van der Waals surface area contributed by atoms with Gasteiger partial charge in [-0.25, -0.2) is 0 Å². The molecule has 8 nitrogen and oxygen atoms in total. The number of carbonyl (C=O) groups excluding carboxylic acids is 1. The molecule has 0 aromatic carbocycles. The number of likely N-dealkylation sites (N-methyl/N-ethyl adjacent to an activating group) is 1. The average Bonchev–Trinajstić information content (AvgIpc) is 3.19. The van der Waals surface area contributed by atoms with Crippen molar-refractivity contribution >= 4 is 13.8 Å². The lowest BCUT2D eigenvalue weighted by atomic mass is 10.1. The van der Waals surface area contributed by atoms with Gasteiger partial charge in [-0.1, -0.05) is 172 Å². The highest BCUT2D eigenvalue weighted by molar-refractivity contribution is 7.45. The molecule has 0 N–H and O–H groups in total. The maximum atomic E-state index is 12.7. The minimum absolute atomic E-state index is 0.0212. The molecule has 0 aliphatic rings. The molecule has 0 saturated carbocycles. The molecule has 0 bridgehead atoms. The van der Waals surface area contributed by atoms with Crippen molar-refractivity contribution in [1.82, 2.24) is 0 Å². The summed E-state index contributed by atoms with van der Waals surface area (Å²) in [7, 11) is 1.34. The maximum Gasteiger partial charge on any atom is 0.306 e. The van der Waals surface area contributed by atoms with Crippen molar-refractivity contribution in [2.45, 2.75) is 213 Å². The molecule has 2 atom stereocenters. The zero-order valence-electron chi connectivity index (χ0n) is 39.2. The van der Waals surface area contributed by atoms with E-state index in [4.69, 9.17) is 18.5 Å². The minimum atomic E-state index is -4.53. The highest BCUT2D eigenvalue weighted by atomic mass is 31.2. The molecule has 0 aromatic rings. The quantitative estimate of drug-likeness (QED) is 0.0198. The molecule has 0 radical (unpaired) electrons. The third kappa shape index (κ3) is 47.4. The van der Waals surface area contributed by atoms with Crippen LogP contribution >= 0.6 is 7.82 Å². The van der Waals surface area contributed by atoms with E-state index in [0.717, 1.165) is 64.2 Å². The highest BCUT2D eigenvalue weighted by Crippen LogP contribution is 2.38. The zero-order valence-corrected chi connectivity index (χ0v) is 40.1. The van der Waals surface area contributed by atoms with Gasteiger partial charge >= 0.3 is 5.97 Å². The van der Waals surface area contributed by atoms with E-state index in [9.17, 15) is 14.3 Å². The Kier molecular flexibility index (Phi) is 42.0. The molecule has 2 unspecified atom stereocenters. The number of allylic oxidation sites excluding steroid dienone is 8. The van der Waals surface area contributed by atoms with Crippen LogP contribution in [0.5, 0.6) is 0 Å². The fourth-order valence-electron chi connectivity index (χ4n) is 6.55. The van der Waals surface area contributed by atoms with Crippen LogP contribution in [0.1, 0.15) is 206 Å². The molecule has 0 saturated heterocycles. The summed E-state index contributed by atoms with van der Waals surface area (Å²) in [5.41, 5.74) is 0. The summed E-state index contributed by atoms with van der Waals surface area (Å²) >= 11 is 0. The van der Waals surface area contributed by atoms with Crippen molar-refractivity contribution in [3.63, 3.8) is 0 Å². The standard InChI is InChI=1S/C50H94NO7P/c1-6-8-10-12-14-16-18-20-22-23-24-25-26-27-28-30-32-34-36-38-40-42-45-55-47-49(48-57-59(53,54)56-46-44-51(3,4)5)58-50(52)43-41-39-37-35-33-31-29-21-19-17-15-13-11-9-7-2/h18,20-21,23-24,26-27,29,49H,6-17,19,22,25,28,30-48H2,1-5H3/b20-18-,24-23-,27-26-,29-21-. The molecular formula is C50H94NO7P. The van der Waals surface area contributed by atoms with Crippen LogP contribution in [-0.4, -0.2) is 70.7 Å². The Morgan fingerprint density at radius 2 is 0.932 bits per heavy atom. The highest BCUT2D eigenvalue weighted by Gasteiger charge is 2.20. The number of esters is 1. The van der Waals surface area contributed by atoms with Gasteiger partial charge in [-0.15, -0.1) is 0 Å². The molecule has 0 aliphatic carbocycles. The predicted octanol–water partition coefficient (Wildman–Crippen LogP) is 14.1. The largest absolute Gasteiger partial charge is 0.756 e. The Labute approximate surface area is 365 Å². The van der Waals surface area contributed by atoms with Gasteiger partial charge in [0.15, 0.2) is 0 Å². The zero-order chi connectivity index (χ0) is 43.4. The Morgan fingerprint density at radius 1 is 0.525 bits per heavy atom. The van der Waals surface area contributed by atoms with Gasteiger partial charge in [0, 0.05) is 13.0 Å². The van der Waals surface area contributed by atoms with Gasteiger partial charge < -0.3 is 27.9 Å². The van der Waals surface area contributed by atoms with Crippen LogP contribution in [0.4, 0.5) is 0 Å². The molecule has 0 fully saturated rings. The van der Waals surface area contributed by atoms with Gasteiger partial charge in [0.2, 0.25) is 0 Å². The summed E-state index contributed by atoms with van der Waals surface area (Å²) in [6.07, 6.45) is 52.7. The van der Waals surface area contributed by atoms with E-state index < -0.39 is 13.9 Å². The summed E-state index contributed by atoms with van der Waals surface area (Å²) in [5, 5.41) is 0. The summed E-state index contributed by atoms with van der Waals surface area (Å²) in [5.74, 6) is -0.346. The maximum absolute atomic E-state index is 12.7. The summed E-state index contributed by atoms with van der Waals surface area (Å²) in [6.45, 7) is 5.37. The third-order valence-electron chi connectivity index (χ3n) is 10.4. The van der Waals surface area contributed by atoms with E-state index in [1.54, 1.807) is 0 Å². The number of carbonyl (C=O) groups is 1. The third-order valence-corrected chi connectivity index (χ3v) is 11.3. The van der Waals surface area contributed by atoms with Crippen molar-refractivity contribution in [2.75, 3.05) is 54.1 Å². The number of phosphoric acid groups is 1. The molecular weight excluding hydrogens is 758 g/mol. The van der Waals surface area contributed by atoms with Crippen LogP contribution in [0.25, 0.3) is 0 Å². The fourth-order valence-corrected chi connectivity index (χ4v) is 7.28. The summed E-state index contributed by atoms with van der Waals surface area (Å²) < 4.78 is 34.7. The van der Waals surface area contributed by atoms with E-state index in [2.05, 4.69) is 62.5 Å². The second-order valence-electron chi connectivity index (χ2n) is 17.5. The normalized spacial score (nSPS) is 14.1. The number of nitrogens with zero attached hydrogens (tertiary/aromatic N) is 1. The monoisotopic (exact) mass is 852 g/mol. The number of rotatable bonds is 45. The molecule has 0 rings (SSSR count). The molecule has 59 heavy (non-hydrogen) atoms. The first-order valence-electron chi connectivity index (χ1n) is 24.4. The molecule has 0 spiro atoms. The Balaban J connectivity index is 4.20. The molecule has 9 heteroatoms. The first-order valence-corrected chi connectivity index (χ1v) is 25.8. The summed E-state index contributed by atoms with van der Waals surface area (Å²) in [6, 6.07) is 0. The van der Waals surface area contributed by atoms with E-state index in [1.807, 2.05) is 21.1 Å². The minimum Gasteiger partial charge on any atom is -0.756 e. The van der Waals surface area contributed by atoms with Crippen LogP contribution in [0, 0.1) is 0 Å². The van der Waals surface area contributed by atoms with Gasteiger partial charge in [-0.2, -0.15) is 0 Å². The van der Waals surface area contributed by atoms with Gasteiger partial charge in [-0.05, 0) is 77.0 Å². The lowest BCUT2D eigenvalue weighted by Crippen LogP contribution is -2.37. The van der Waals surface area contributed by atoms with Crippen molar-refractivity contribution < 1.29 is 37.3 Å². The average molecular weight is 852 g/mol. The first kappa shape index (κ1) is 57.5. The van der Waals surface area contributed by atoms with Gasteiger partial charge in [0.25, 0.3) is 7.82 Å². The topological polar surface area (TPSA) is 94.1 Å². The van der Waals surface area contributed by atoms with Gasteiger partial charge in [-0.3, -0.25) is 9.36 Å². The number of hydrogen-bond acceptors (Lipinski definition) is 7. The smallest absolute Gasteiger partial charge is 0.306 e. The number of phosphoric ester groups is 1. The van der Waals surface area contributed by atoms with Crippen molar-refractivity contribution in [3.05, 3.63) is 48.6 Å². The lowest BCUT2D eigenvalue weighted by molar-refractivity contribution is -0.870. The molecule has 0 aliphatic heterocycles.